The first kappa shape index (κ1) is 14.6. The summed E-state index contributed by atoms with van der Waals surface area (Å²) in [7, 11) is 1.79. The second kappa shape index (κ2) is 5.96. The van der Waals surface area contributed by atoms with Crippen molar-refractivity contribution in [1.82, 2.24) is 9.88 Å². The molecule has 4 heteroatoms. The summed E-state index contributed by atoms with van der Waals surface area (Å²) in [5, 5.41) is 0. The second-order valence-corrected chi connectivity index (χ2v) is 5.67. The van der Waals surface area contributed by atoms with E-state index in [9.17, 15) is 4.79 Å². The zero-order chi connectivity index (χ0) is 13.8. The maximum Gasteiger partial charge on any atom is 0.239 e. The number of hydrogen-bond donors (Lipinski definition) is 1. The van der Waals surface area contributed by atoms with Crippen LogP contribution in [0.5, 0.6) is 0 Å². The Kier molecular flexibility index (Phi) is 4.84. The van der Waals surface area contributed by atoms with Gasteiger partial charge in [0.1, 0.15) is 0 Å². The Morgan fingerprint density at radius 3 is 2.61 bits per heavy atom. The van der Waals surface area contributed by atoms with Crippen molar-refractivity contribution in [3.8, 4) is 0 Å². The van der Waals surface area contributed by atoms with Crippen LogP contribution in [0.2, 0.25) is 0 Å². The minimum Gasteiger partial charge on any atom is -0.344 e. The Morgan fingerprint density at radius 1 is 1.44 bits per heavy atom. The van der Waals surface area contributed by atoms with Crippen LogP contribution in [0, 0.1) is 5.41 Å². The van der Waals surface area contributed by atoms with Crippen LogP contribution in [0.4, 0.5) is 0 Å². The molecular weight excluding hydrogens is 226 g/mol. The number of hydrogen-bond acceptors (Lipinski definition) is 3. The molecule has 0 aliphatic carbocycles. The van der Waals surface area contributed by atoms with Crippen molar-refractivity contribution < 1.29 is 4.79 Å². The zero-order valence-corrected chi connectivity index (χ0v) is 11.7. The number of carbonyl (C=O) groups excluding carboxylic acids is 1. The van der Waals surface area contributed by atoms with E-state index in [1.165, 1.54) is 0 Å². The molecule has 1 amide bonds. The van der Waals surface area contributed by atoms with E-state index in [0.29, 0.717) is 6.54 Å². The van der Waals surface area contributed by atoms with Gasteiger partial charge in [-0.3, -0.25) is 9.78 Å². The van der Waals surface area contributed by atoms with E-state index in [-0.39, 0.29) is 11.3 Å². The lowest BCUT2D eigenvalue weighted by Crippen LogP contribution is -2.49. The zero-order valence-electron chi connectivity index (χ0n) is 11.7. The summed E-state index contributed by atoms with van der Waals surface area (Å²) < 4.78 is 0. The van der Waals surface area contributed by atoms with Crippen molar-refractivity contribution in [2.75, 3.05) is 13.6 Å². The predicted molar refractivity (Wildman–Crippen MR) is 73.0 cm³/mol. The fourth-order valence-corrected chi connectivity index (χ4v) is 1.55. The van der Waals surface area contributed by atoms with Crippen LogP contribution < -0.4 is 5.73 Å². The number of carbonyl (C=O) groups is 1. The van der Waals surface area contributed by atoms with E-state index in [1.54, 1.807) is 18.1 Å². The van der Waals surface area contributed by atoms with E-state index in [2.05, 4.69) is 4.98 Å². The van der Waals surface area contributed by atoms with Crippen LogP contribution in [0.25, 0.3) is 0 Å². The van der Waals surface area contributed by atoms with Crippen molar-refractivity contribution in [3.05, 3.63) is 30.1 Å². The molecule has 1 aromatic heterocycles. The number of amides is 1. The molecule has 0 bridgehead atoms. The number of nitrogens with two attached hydrogens (primary N) is 1. The van der Waals surface area contributed by atoms with Gasteiger partial charge in [-0.05, 0) is 17.5 Å². The largest absolute Gasteiger partial charge is 0.344 e. The van der Waals surface area contributed by atoms with Crippen LogP contribution in [0.3, 0.4) is 0 Å². The third-order valence-electron chi connectivity index (χ3n) is 3.00. The number of rotatable bonds is 4. The van der Waals surface area contributed by atoms with Gasteiger partial charge in [0, 0.05) is 31.9 Å². The van der Waals surface area contributed by atoms with Crippen LogP contribution in [-0.2, 0) is 11.2 Å². The molecule has 0 unspecified atom stereocenters. The van der Waals surface area contributed by atoms with Gasteiger partial charge in [-0.2, -0.15) is 0 Å². The van der Waals surface area contributed by atoms with Gasteiger partial charge in [0.05, 0.1) is 6.04 Å². The molecule has 0 saturated heterocycles. The highest BCUT2D eigenvalue weighted by atomic mass is 16.2. The number of pyridine rings is 1. The first-order chi connectivity index (χ1) is 8.32. The minimum absolute atomic E-state index is 0.0153. The summed E-state index contributed by atoms with van der Waals surface area (Å²) in [4.78, 5) is 18.0. The lowest BCUT2D eigenvalue weighted by Gasteiger charge is -2.29. The Bertz CT molecular complexity index is 384. The molecule has 18 heavy (non-hydrogen) atoms. The maximum absolute atomic E-state index is 12.1. The molecule has 4 nitrogen and oxygen atoms in total. The lowest BCUT2D eigenvalue weighted by molar-refractivity contribution is -0.133. The van der Waals surface area contributed by atoms with Crippen LogP contribution >= 0.6 is 0 Å². The number of likely N-dealkylation sites (N-methyl/N-ethyl adjacent to an activating group) is 1. The minimum atomic E-state index is -0.466. The molecule has 100 valence electrons. The van der Waals surface area contributed by atoms with Gasteiger partial charge in [0.15, 0.2) is 0 Å². The van der Waals surface area contributed by atoms with E-state index in [0.717, 1.165) is 12.1 Å². The van der Waals surface area contributed by atoms with Gasteiger partial charge in [0.2, 0.25) is 5.91 Å². The second-order valence-electron chi connectivity index (χ2n) is 5.67. The smallest absolute Gasteiger partial charge is 0.239 e. The topological polar surface area (TPSA) is 59.2 Å². The van der Waals surface area contributed by atoms with Crippen molar-refractivity contribution in [1.29, 1.82) is 0 Å². The summed E-state index contributed by atoms with van der Waals surface area (Å²) in [5.74, 6) is -0.0153. The third-order valence-corrected chi connectivity index (χ3v) is 3.00. The van der Waals surface area contributed by atoms with Crippen molar-refractivity contribution >= 4 is 5.91 Å². The first-order valence-corrected chi connectivity index (χ1v) is 6.23. The Labute approximate surface area is 109 Å². The van der Waals surface area contributed by atoms with Crippen molar-refractivity contribution in [2.45, 2.75) is 33.2 Å². The van der Waals surface area contributed by atoms with Crippen LogP contribution in [0.15, 0.2) is 24.4 Å². The van der Waals surface area contributed by atoms with E-state index >= 15 is 0 Å². The molecular formula is C14H23N3O. The molecule has 1 rings (SSSR count). The van der Waals surface area contributed by atoms with E-state index in [1.807, 2.05) is 39.0 Å². The molecule has 0 aliphatic heterocycles. The SMILES string of the molecule is CN(CCc1ccccn1)C(=O)[C@H](N)C(C)(C)C. The van der Waals surface area contributed by atoms with Gasteiger partial charge in [0.25, 0.3) is 0 Å². The van der Waals surface area contributed by atoms with Gasteiger partial charge in [-0.1, -0.05) is 26.8 Å². The van der Waals surface area contributed by atoms with E-state index in [4.69, 9.17) is 5.73 Å². The highest BCUT2D eigenvalue weighted by Gasteiger charge is 2.29. The standard InChI is InChI=1S/C14H23N3O/c1-14(2,3)12(15)13(18)17(4)10-8-11-7-5-6-9-16-11/h5-7,9,12H,8,10,15H2,1-4H3/t12-/m0/s1. The fourth-order valence-electron chi connectivity index (χ4n) is 1.55. The summed E-state index contributed by atoms with van der Waals surface area (Å²) in [5.41, 5.74) is 6.73. The Balaban J connectivity index is 2.51. The quantitative estimate of drug-likeness (QED) is 0.878. The molecule has 0 spiro atoms. The Hall–Kier alpha value is -1.42. The maximum atomic E-state index is 12.1. The molecule has 0 fully saturated rings. The fraction of sp³-hybridized carbons (Fsp3) is 0.571. The van der Waals surface area contributed by atoms with E-state index < -0.39 is 6.04 Å². The molecule has 1 atom stereocenters. The van der Waals surface area contributed by atoms with Gasteiger partial charge in [-0.15, -0.1) is 0 Å². The highest BCUT2D eigenvalue weighted by molar-refractivity contribution is 5.82. The third kappa shape index (κ3) is 4.11. The summed E-state index contributed by atoms with van der Waals surface area (Å²) in [6.45, 7) is 6.56. The average Bonchev–Trinajstić information content (AvgIpc) is 2.34. The van der Waals surface area contributed by atoms with Crippen LogP contribution in [0.1, 0.15) is 26.5 Å². The van der Waals surface area contributed by atoms with Gasteiger partial charge < -0.3 is 10.6 Å². The molecule has 0 radical (unpaired) electrons. The molecule has 1 aromatic rings. The summed E-state index contributed by atoms with van der Waals surface area (Å²) in [6.07, 6.45) is 2.51. The normalized spacial score (nSPS) is 13.2. The lowest BCUT2D eigenvalue weighted by atomic mass is 9.86. The first-order valence-electron chi connectivity index (χ1n) is 6.23. The summed E-state index contributed by atoms with van der Waals surface area (Å²) in [6, 6.07) is 5.33. The molecule has 0 aliphatic rings. The number of aromatic nitrogens is 1. The molecule has 1 heterocycles. The van der Waals surface area contributed by atoms with Crippen molar-refractivity contribution in [3.63, 3.8) is 0 Å². The van der Waals surface area contributed by atoms with Crippen molar-refractivity contribution in [2.24, 2.45) is 11.1 Å². The average molecular weight is 249 g/mol. The monoisotopic (exact) mass is 249 g/mol. The summed E-state index contributed by atoms with van der Waals surface area (Å²) >= 11 is 0. The number of nitrogens with zero attached hydrogens (tertiary/aromatic N) is 2. The highest BCUT2D eigenvalue weighted by Crippen LogP contribution is 2.18. The predicted octanol–water partition coefficient (Wildman–Crippen LogP) is 1.46. The van der Waals surface area contributed by atoms with Crippen LogP contribution in [-0.4, -0.2) is 35.4 Å². The molecule has 2 N–H and O–H groups in total. The Morgan fingerprint density at radius 2 is 2.11 bits per heavy atom. The van der Waals surface area contributed by atoms with Gasteiger partial charge in [-0.25, -0.2) is 0 Å². The molecule has 0 aromatic carbocycles. The van der Waals surface area contributed by atoms with Gasteiger partial charge >= 0.3 is 0 Å². The molecule has 0 saturated carbocycles.